The molecule has 0 spiro atoms. The second kappa shape index (κ2) is 5.97. The van der Waals surface area contributed by atoms with Gasteiger partial charge < -0.3 is 14.9 Å². The first-order valence-electron chi connectivity index (χ1n) is 6.11. The zero-order valence-corrected chi connectivity index (χ0v) is 12.3. The van der Waals surface area contributed by atoms with E-state index in [2.05, 4.69) is 4.72 Å². The van der Waals surface area contributed by atoms with Crippen LogP contribution in [-0.2, 0) is 14.8 Å². The van der Waals surface area contributed by atoms with Crippen LogP contribution in [0.4, 0.5) is 0 Å². The summed E-state index contributed by atoms with van der Waals surface area (Å²) in [5.41, 5.74) is 0.610. The highest BCUT2D eigenvalue weighted by Crippen LogP contribution is 2.33. The van der Waals surface area contributed by atoms with Gasteiger partial charge in [-0.2, -0.15) is 4.72 Å². The molecule has 1 aliphatic heterocycles. The maximum atomic E-state index is 11.5. The van der Waals surface area contributed by atoms with Gasteiger partial charge in [0.1, 0.15) is 18.3 Å². The molecule has 0 bridgehead atoms. The third-order valence-corrected chi connectivity index (χ3v) is 4.74. The number of sulfonamides is 1. The molecule has 1 heterocycles. The number of benzene rings is 1. The molecule has 4 atom stereocenters. The van der Waals surface area contributed by atoms with E-state index in [1.54, 1.807) is 24.3 Å². The first-order chi connectivity index (χ1) is 9.34. The molecule has 3 N–H and O–H groups in total. The van der Waals surface area contributed by atoms with Crippen molar-refractivity contribution >= 4 is 21.6 Å². The Bertz CT molecular complexity index is 562. The molecule has 0 radical (unpaired) electrons. The lowest BCUT2D eigenvalue weighted by Crippen LogP contribution is -2.44. The Kier molecular flexibility index (Phi) is 4.68. The van der Waals surface area contributed by atoms with Crippen LogP contribution >= 0.6 is 11.6 Å². The van der Waals surface area contributed by atoms with Crippen molar-refractivity contribution in [3.05, 3.63) is 34.9 Å². The van der Waals surface area contributed by atoms with Crippen molar-refractivity contribution in [2.45, 2.75) is 31.5 Å². The van der Waals surface area contributed by atoms with Crippen molar-refractivity contribution in [2.75, 3.05) is 5.75 Å². The maximum Gasteiger partial charge on any atom is 0.213 e. The summed E-state index contributed by atoms with van der Waals surface area (Å²) in [6.45, 7) is 1.47. The Morgan fingerprint density at radius 2 is 1.85 bits per heavy atom. The lowest BCUT2D eigenvalue weighted by molar-refractivity contribution is 0.00154. The molecule has 0 saturated carbocycles. The molecular weight excluding hydrogens is 306 g/mol. The van der Waals surface area contributed by atoms with E-state index >= 15 is 0 Å². The smallest absolute Gasteiger partial charge is 0.213 e. The van der Waals surface area contributed by atoms with E-state index in [0.717, 1.165) is 0 Å². The summed E-state index contributed by atoms with van der Waals surface area (Å²) in [6, 6.07) is 6.56. The topological polar surface area (TPSA) is 95.9 Å². The van der Waals surface area contributed by atoms with Crippen LogP contribution in [-0.4, -0.2) is 42.8 Å². The molecule has 0 amide bonds. The number of rotatable bonds is 4. The van der Waals surface area contributed by atoms with Crippen molar-refractivity contribution in [3.63, 3.8) is 0 Å². The molecule has 112 valence electrons. The Morgan fingerprint density at radius 3 is 2.40 bits per heavy atom. The van der Waals surface area contributed by atoms with Gasteiger partial charge in [0.15, 0.2) is 6.23 Å². The first-order valence-corrected chi connectivity index (χ1v) is 8.14. The third-order valence-electron chi connectivity index (χ3n) is 3.14. The maximum absolute atomic E-state index is 11.5. The third kappa shape index (κ3) is 3.30. The van der Waals surface area contributed by atoms with Crippen molar-refractivity contribution < 1.29 is 23.4 Å². The highest BCUT2D eigenvalue weighted by atomic mass is 35.5. The molecule has 4 unspecified atom stereocenters. The minimum atomic E-state index is -3.54. The normalized spacial score (nSPS) is 30.6. The number of nitrogens with one attached hydrogen (secondary N) is 1. The van der Waals surface area contributed by atoms with E-state index in [1.807, 2.05) is 0 Å². The van der Waals surface area contributed by atoms with Gasteiger partial charge in [-0.15, -0.1) is 0 Å². The van der Waals surface area contributed by atoms with Crippen LogP contribution in [0.15, 0.2) is 24.3 Å². The van der Waals surface area contributed by atoms with Gasteiger partial charge in [0.2, 0.25) is 10.0 Å². The molecule has 0 aromatic heterocycles. The van der Waals surface area contributed by atoms with Crippen LogP contribution in [0.3, 0.4) is 0 Å². The van der Waals surface area contributed by atoms with Gasteiger partial charge in [0.25, 0.3) is 0 Å². The van der Waals surface area contributed by atoms with Crippen molar-refractivity contribution in [1.29, 1.82) is 0 Å². The van der Waals surface area contributed by atoms with E-state index in [9.17, 15) is 18.6 Å². The number of hydrogen-bond donors (Lipinski definition) is 3. The van der Waals surface area contributed by atoms with Crippen LogP contribution in [0.1, 0.15) is 18.6 Å². The Labute approximate surface area is 122 Å². The molecule has 20 heavy (non-hydrogen) atoms. The van der Waals surface area contributed by atoms with Gasteiger partial charge in [-0.3, -0.25) is 0 Å². The SMILES string of the molecule is CCS(=O)(=O)NC1OC(c2ccc(Cl)cc2)C(O)C1O. The summed E-state index contributed by atoms with van der Waals surface area (Å²) in [7, 11) is -3.54. The predicted molar refractivity (Wildman–Crippen MR) is 73.7 cm³/mol. The van der Waals surface area contributed by atoms with Gasteiger partial charge >= 0.3 is 0 Å². The Hall–Kier alpha value is -0.700. The molecule has 1 aromatic rings. The van der Waals surface area contributed by atoms with Crippen LogP contribution < -0.4 is 4.72 Å². The molecule has 1 fully saturated rings. The largest absolute Gasteiger partial charge is 0.387 e. The van der Waals surface area contributed by atoms with Gasteiger partial charge in [-0.05, 0) is 24.6 Å². The number of halogens is 1. The van der Waals surface area contributed by atoms with Crippen LogP contribution in [0.25, 0.3) is 0 Å². The van der Waals surface area contributed by atoms with E-state index < -0.39 is 34.6 Å². The Balaban J connectivity index is 2.16. The van der Waals surface area contributed by atoms with E-state index in [-0.39, 0.29) is 5.75 Å². The van der Waals surface area contributed by atoms with Crippen LogP contribution in [0, 0.1) is 0 Å². The minimum absolute atomic E-state index is 0.138. The van der Waals surface area contributed by atoms with Crippen LogP contribution in [0.2, 0.25) is 5.02 Å². The number of hydrogen-bond acceptors (Lipinski definition) is 5. The van der Waals surface area contributed by atoms with E-state index in [0.29, 0.717) is 10.6 Å². The predicted octanol–water partition coefficient (Wildman–Crippen LogP) is 0.398. The molecule has 6 nitrogen and oxygen atoms in total. The Morgan fingerprint density at radius 1 is 1.25 bits per heavy atom. The molecule has 8 heteroatoms. The fourth-order valence-electron chi connectivity index (χ4n) is 1.96. The van der Waals surface area contributed by atoms with Gasteiger partial charge in [-0.1, -0.05) is 23.7 Å². The van der Waals surface area contributed by atoms with Gasteiger partial charge in [0, 0.05) is 5.02 Å². The van der Waals surface area contributed by atoms with Gasteiger partial charge in [-0.25, -0.2) is 8.42 Å². The summed E-state index contributed by atoms with van der Waals surface area (Å²) >= 11 is 5.77. The molecule has 1 saturated heterocycles. The first kappa shape index (κ1) is 15.7. The van der Waals surface area contributed by atoms with Crippen molar-refractivity contribution in [1.82, 2.24) is 4.72 Å². The van der Waals surface area contributed by atoms with Crippen molar-refractivity contribution in [3.8, 4) is 0 Å². The quantitative estimate of drug-likeness (QED) is 0.746. The zero-order chi connectivity index (χ0) is 14.9. The average molecular weight is 322 g/mol. The monoisotopic (exact) mass is 321 g/mol. The average Bonchev–Trinajstić information content (AvgIpc) is 2.68. The number of ether oxygens (including phenoxy) is 1. The summed E-state index contributed by atoms with van der Waals surface area (Å²) in [4.78, 5) is 0. The molecule has 0 aliphatic carbocycles. The highest BCUT2D eigenvalue weighted by Gasteiger charge is 2.44. The van der Waals surface area contributed by atoms with Gasteiger partial charge in [0.05, 0.1) is 5.75 Å². The fourth-order valence-corrected chi connectivity index (χ4v) is 2.80. The lowest BCUT2D eigenvalue weighted by atomic mass is 10.0. The summed E-state index contributed by atoms with van der Waals surface area (Å²) < 4.78 is 30.6. The highest BCUT2D eigenvalue weighted by molar-refractivity contribution is 7.89. The van der Waals surface area contributed by atoms with Crippen molar-refractivity contribution in [2.24, 2.45) is 0 Å². The van der Waals surface area contributed by atoms with E-state index in [1.165, 1.54) is 6.92 Å². The molecular formula is C12H16ClNO5S. The number of aliphatic hydroxyl groups excluding tert-OH is 2. The standard InChI is InChI=1S/C12H16ClNO5S/c1-2-20(17,18)14-12-10(16)9(15)11(19-12)7-3-5-8(13)6-4-7/h3-6,9-12,14-16H,2H2,1H3. The molecule has 2 rings (SSSR count). The number of aliphatic hydroxyl groups is 2. The second-order valence-corrected chi connectivity index (χ2v) is 7.01. The minimum Gasteiger partial charge on any atom is -0.387 e. The van der Waals surface area contributed by atoms with E-state index in [4.69, 9.17) is 16.3 Å². The zero-order valence-electron chi connectivity index (χ0n) is 10.7. The van der Waals surface area contributed by atoms with Crippen LogP contribution in [0.5, 0.6) is 0 Å². The summed E-state index contributed by atoms with van der Waals surface area (Å²) in [6.07, 6.45) is -4.54. The lowest BCUT2D eigenvalue weighted by Gasteiger charge is -2.15. The fraction of sp³-hybridized carbons (Fsp3) is 0.500. The molecule has 1 aliphatic rings. The summed E-state index contributed by atoms with van der Waals surface area (Å²) in [5, 5.41) is 20.4. The second-order valence-electron chi connectivity index (χ2n) is 4.53. The summed E-state index contributed by atoms with van der Waals surface area (Å²) in [5.74, 6) is -0.138. The molecule has 1 aromatic carbocycles.